The first-order chi connectivity index (χ1) is 8.61. The average molecular weight is 246 g/mol. The van der Waals surface area contributed by atoms with Gasteiger partial charge in [0.05, 0.1) is 6.04 Å². The highest BCUT2D eigenvalue weighted by Crippen LogP contribution is 2.24. The molecule has 1 saturated heterocycles. The molecule has 0 bridgehead atoms. The maximum absolute atomic E-state index is 12.5. The van der Waals surface area contributed by atoms with Crippen LogP contribution >= 0.6 is 0 Å². The maximum Gasteiger partial charge on any atom is 0.243 e. The molecule has 0 unspecified atom stereocenters. The molecule has 3 nitrogen and oxygen atoms in total. The molecule has 0 aliphatic carbocycles. The lowest BCUT2D eigenvalue weighted by Gasteiger charge is -2.29. The first kappa shape index (κ1) is 13.1. The van der Waals surface area contributed by atoms with Gasteiger partial charge in [-0.25, -0.2) is 0 Å². The van der Waals surface area contributed by atoms with Crippen molar-refractivity contribution < 1.29 is 4.79 Å². The number of aryl methyl sites for hydroxylation is 2. The molecular weight excluding hydrogens is 224 g/mol. The molecular formula is C15H22N2O. The van der Waals surface area contributed by atoms with E-state index in [1.807, 2.05) is 18.0 Å². The lowest BCUT2D eigenvalue weighted by atomic mass is 10.0. The lowest BCUT2D eigenvalue weighted by Crippen LogP contribution is -2.47. The Balaban J connectivity index is 2.19. The van der Waals surface area contributed by atoms with Gasteiger partial charge in [0.25, 0.3) is 0 Å². The molecule has 0 saturated carbocycles. The second-order valence-corrected chi connectivity index (χ2v) is 5.14. The summed E-state index contributed by atoms with van der Waals surface area (Å²) < 4.78 is 0. The second-order valence-electron chi connectivity index (χ2n) is 5.14. The molecule has 1 aliphatic rings. The van der Waals surface area contributed by atoms with Gasteiger partial charge in [0.15, 0.2) is 0 Å². The Morgan fingerprint density at radius 2 is 1.94 bits per heavy atom. The summed E-state index contributed by atoms with van der Waals surface area (Å²) in [5.41, 5.74) is 3.36. The Morgan fingerprint density at radius 1 is 1.28 bits per heavy atom. The van der Waals surface area contributed by atoms with Crippen molar-refractivity contribution in [3.63, 3.8) is 0 Å². The number of hydrogen-bond donors (Lipinski definition) is 1. The Bertz CT molecular complexity index is 416. The molecule has 0 spiro atoms. The van der Waals surface area contributed by atoms with Crippen molar-refractivity contribution in [1.29, 1.82) is 0 Å². The van der Waals surface area contributed by atoms with Gasteiger partial charge in [-0.05, 0) is 44.4 Å². The highest BCUT2D eigenvalue weighted by atomic mass is 16.2. The van der Waals surface area contributed by atoms with Crippen molar-refractivity contribution in [2.45, 2.75) is 39.2 Å². The largest absolute Gasteiger partial charge is 0.314 e. The number of carbonyl (C=O) groups is 1. The summed E-state index contributed by atoms with van der Waals surface area (Å²) in [5, 5.41) is 3.32. The predicted octanol–water partition coefficient (Wildman–Crippen LogP) is 2.41. The van der Waals surface area contributed by atoms with Gasteiger partial charge in [-0.3, -0.25) is 4.79 Å². The molecule has 18 heavy (non-hydrogen) atoms. The summed E-state index contributed by atoms with van der Waals surface area (Å²) in [6.07, 6.45) is 3.27. The molecule has 1 aromatic carbocycles. The summed E-state index contributed by atoms with van der Waals surface area (Å²) >= 11 is 0. The van der Waals surface area contributed by atoms with Crippen LogP contribution in [0.15, 0.2) is 18.2 Å². The summed E-state index contributed by atoms with van der Waals surface area (Å²) in [5.74, 6) is 0.187. The van der Waals surface area contributed by atoms with E-state index < -0.39 is 0 Å². The van der Waals surface area contributed by atoms with Gasteiger partial charge in [0.1, 0.15) is 0 Å². The van der Waals surface area contributed by atoms with Gasteiger partial charge in [-0.2, -0.15) is 0 Å². The molecule has 0 aromatic heterocycles. The monoisotopic (exact) mass is 246 g/mol. The standard InChI is InChI=1S/C15H22N2O/c1-11-7-6-8-12(2)14(11)17(3)15(18)13-9-4-5-10-16-13/h6-8,13,16H,4-5,9-10H2,1-3H3/t13-/m0/s1. The lowest BCUT2D eigenvalue weighted by molar-refractivity contribution is -0.120. The zero-order valence-electron chi connectivity index (χ0n) is 11.5. The van der Waals surface area contributed by atoms with Crippen LogP contribution in [0, 0.1) is 13.8 Å². The van der Waals surface area contributed by atoms with Crippen LogP contribution in [0.1, 0.15) is 30.4 Å². The third-order valence-corrected chi connectivity index (χ3v) is 3.71. The van der Waals surface area contributed by atoms with E-state index in [9.17, 15) is 4.79 Å². The molecule has 0 radical (unpaired) electrons. The molecule has 1 atom stereocenters. The van der Waals surface area contributed by atoms with E-state index in [2.05, 4.69) is 31.3 Å². The van der Waals surface area contributed by atoms with Crippen LogP contribution in [0.3, 0.4) is 0 Å². The summed E-state index contributed by atoms with van der Waals surface area (Å²) in [6, 6.07) is 6.13. The van der Waals surface area contributed by atoms with Crippen molar-refractivity contribution in [2.75, 3.05) is 18.5 Å². The van der Waals surface area contributed by atoms with E-state index in [0.717, 1.165) is 36.2 Å². The van der Waals surface area contributed by atoms with Gasteiger partial charge in [-0.1, -0.05) is 24.6 Å². The minimum Gasteiger partial charge on any atom is -0.314 e. The number of piperidine rings is 1. The molecule has 1 amide bonds. The smallest absolute Gasteiger partial charge is 0.243 e. The van der Waals surface area contributed by atoms with Crippen LogP contribution in [-0.2, 0) is 4.79 Å². The number of hydrogen-bond acceptors (Lipinski definition) is 2. The highest BCUT2D eigenvalue weighted by Gasteiger charge is 2.25. The Morgan fingerprint density at radius 3 is 2.50 bits per heavy atom. The number of carbonyl (C=O) groups excluding carboxylic acids is 1. The van der Waals surface area contributed by atoms with Gasteiger partial charge in [0, 0.05) is 12.7 Å². The number of benzene rings is 1. The Hall–Kier alpha value is -1.35. The van der Waals surface area contributed by atoms with E-state index in [4.69, 9.17) is 0 Å². The third kappa shape index (κ3) is 2.56. The highest BCUT2D eigenvalue weighted by molar-refractivity contribution is 5.98. The van der Waals surface area contributed by atoms with E-state index in [-0.39, 0.29) is 11.9 Å². The van der Waals surface area contributed by atoms with Crippen molar-refractivity contribution in [3.8, 4) is 0 Å². The van der Waals surface area contributed by atoms with E-state index in [1.165, 1.54) is 6.42 Å². The summed E-state index contributed by atoms with van der Waals surface area (Å²) in [4.78, 5) is 14.3. The SMILES string of the molecule is Cc1cccc(C)c1N(C)C(=O)[C@@H]1CCCCN1. The van der Waals surface area contributed by atoms with E-state index in [1.54, 1.807) is 0 Å². The van der Waals surface area contributed by atoms with Crippen molar-refractivity contribution in [2.24, 2.45) is 0 Å². The fraction of sp³-hybridized carbons (Fsp3) is 0.533. The van der Waals surface area contributed by atoms with Crippen molar-refractivity contribution >= 4 is 11.6 Å². The van der Waals surface area contributed by atoms with Crippen LogP contribution < -0.4 is 10.2 Å². The Labute approximate surface area is 109 Å². The average Bonchev–Trinajstić information content (AvgIpc) is 2.38. The van der Waals surface area contributed by atoms with E-state index >= 15 is 0 Å². The van der Waals surface area contributed by atoms with Crippen LogP contribution in [0.4, 0.5) is 5.69 Å². The zero-order valence-corrected chi connectivity index (χ0v) is 11.5. The minimum absolute atomic E-state index is 0.0113. The van der Waals surface area contributed by atoms with Gasteiger partial charge in [-0.15, -0.1) is 0 Å². The minimum atomic E-state index is -0.0113. The first-order valence-electron chi connectivity index (χ1n) is 6.68. The van der Waals surface area contributed by atoms with Crippen LogP contribution in [0.2, 0.25) is 0 Å². The number of nitrogens with one attached hydrogen (secondary N) is 1. The van der Waals surface area contributed by atoms with Crippen LogP contribution in [0.25, 0.3) is 0 Å². The Kier molecular flexibility index (Phi) is 4.02. The normalized spacial score (nSPS) is 19.6. The van der Waals surface area contributed by atoms with Crippen LogP contribution in [0.5, 0.6) is 0 Å². The molecule has 1 N–H and O–H groups in total. The molecule has 3 heteroatoms. The fourth-order valence-electron chi connectivity index (χ4n) is 2.74. The number of para-hydroxylation sites is 1. The third-order valence-electron chi connectivity index (χ3n) is 3.71. The topological polar surface area (TPSA) is 32.3 Å². The fourth-order valence-corrected chi connectivity index (χ4v) is 2.74. The number of anilines is 1. The number of rotatable bonds is 2. The summed E-state index contributed by atoms with van der Waals surface area (Å²) in [7, 11) is 1.88. The van der Waals surface area contributed by atoms with E-state index in [0.29, 0.717) is 0 Å². The predicted molar refractivity (Wildman–Crippen MR) is 75.0 cm³/mol. The van der Waals surface area contributed by atoms with Crippen molar-refractivity contribution in [1.82, 2.24) is 5.32 Å². The summed E-state index contributed by atoms with van der Waals surface area (Å²) in [6.45, 7) is 5.07. The molecule has 2 rings (SSSR count). The number of nitrogens with zero attached hydrogens (tertiary/aromatic N) is 1. The quantitative estimate of drug-likeness (QED) is 0.869. The molecule has 98 valence electrons. The molecule has 1 aromatic rings. The first-order valence-corrected chi connectivity index (χ1v) is 6.68. The van der Waals surface area contributed by atoms with Gasteiger partial charge < -0.3 is 10.2 Å². The van der Waals surface area contributed by atoms with Gasteiger partial charge in [0.2, 0.25) is 5.91 Å². The second kappa shape index (κ2) is 5.53. The van der Waals surface area contributed by atoms with Gasteiger partial charge >= 0.3 is 0 Å². The molecule has 1 fully saturated rings. The number of likely N-dealkylation sites (N-methyl/N-ethyl adjacent to an activating group) is 1. The van der Waals surface area contributed by atoms with Crippen LogP contribution in [-0.4, -0.2) is 25.5 Å². The molecule has 1 aliphatic heterocycles. The number of amides is 1. The zero-order chi connectivity index (χ0) is 13.1. The van der Waals surface area contributed by atoms with Crippen molar-refractivity contribution in [3.05, 3.63) is 29.3 Å². The molecule has 1 heterocycles. The maximum atomic E-state index is 12.5.